The Balaban J connectivity index is 1.97. The first kappa shape index (κ1) is 14.8. The number of hydrogen-bond donors (Lipinski definition) is 2. The lowest BCUT2D eigenvalue weighted by Crippen LogP contribution is -2.38. The number of carboxylic acid groups (broad SMARTS) is 1. The van der Waals surface area contributed by atoms with Crippen LogP contribution in [0.15, 0.2) is 0 Å². The lowest BCUT2D eigenvalue weighted by atomic mass is 9.79. The molecule has 1 aliphatic heterocycles. The van der Waals surface area contributed by atoms with Crippen molar-refractivity contribution in [1.29, 1.82) is 0 Å². The number of rotatable bonds is 4. The molecule has 0 atom stereocenters. The van der Waals surface area contributed by atoms with Crippen molar-refractivity contribution in [1.82, 2.24) is 10.2 Å². The van der Waals surface area contributed by atoms with E-state index in [1.165, 1.54) is 0 Å². The Morgan fingerprint density at radius 2 is 1.90 bits per heavy atom. The number of carbonyl (C=O) groups is 3. The number of nitrogens with zero attached hydrogens (tertiary/aromatic N) is 1. The van der Waals surface area contributed by atoms with Crippen molar-refractivity contribution in [2.45, 2.75) is 44.9 Å². The highest BCUT2D eigenvalue weighted by Crippen LogP contribution is 2.44. The van der Waals surface area contributed by atoms with Crippen molar-refractivity contribution in [2.75, 3.05) is 19.6 Å². The van der Waals surface area contributed by atoms with Crippen molar-refractivity contribution >= 4 is 17.8 Å². The smallest absolute Gasteiger partial charge is 0.303 e. The Morgan fingerprint density at radius 1 is 1.20 bits per heavy atom. The molecule has 2 rings (SSSR count). The monoisotopic (exact) mass is 282 g/mol. The standard InChI is InChI=1S/C14H22N2O4/c17-11-3-7-16(8-6-15-11)12(18)9-14(10-13(19)20)4-1-2-5-14/h1-10H2,(H,15,17)(H,19,20). The van der Waals surface area contributed by atoms with Crippen molar-refractivity contribution in [2.24, 2.45) is 5.41 Å². The maximum atomic E-state index is 12.4. The van der Waals surface area contributed by atoms with Crippen molar-refractivity contribution in [3.63, 3.8) is 0 Å². The normalized spacial score (nSPS) is 22.2. The molecular formula is C14H22N2O4. The topological polar surface area (TPSA) is 86.7 Å². The van der Waals surface area contributed by atoms with Gasteiger partial charge in [-0.2, -0.15) is 0 Å². The van der Waals surface area contributed by atoms with Crippen LogP contribution in [-0.2, 0) is 14.4 Å². The quantitative estimate of drug-likeness (QED) is 0.797. The third kappa shape index (κ3) is 3.71. The molecule has 0 radical (unpaired) electrons. The van der Waals surface area contributed by atoms with Crippen LogP contribution in [0.1, 0.15) is 44.9 Å². The van der Waals surface area contributed by atoms with Gasteiger partial charge >= 0.3 is 5.97 Å². The van der Waals surface area contributed by atoms with Crippen LogP contribution < -0.4 is 5.32 Å². The van der Waals surface area contributed by atoms with Crippen LogP contribution >= 0.6 is 0 Å². The Hall–Kier alpha value is -1.59. The van der Waals surface area contributed by atoms with E-state index in [1.807, 2.05) is 0 Å². The summed E-state index contributed by atoms with van der Waals surface area (Å²) in [7, 11) is 0. The molecule has 0 bridgehead atoms. The molecule has 20 heavy (non-hydrogen) atoms. The molecule has 2 N–H and O–H groups in total. The molecule has 0 spiro atoms. The van der Waals surface area contributed by atoms with Crippen LogP contribution in [-0.4, -0.2) is 47.4 Å². The Labute approximate surface area is 118 Å². The Kier molecular flexibility index (Phi) is 4.62. The number of aliphatic carboxylic acids is 1. The maximum Gasteiger partial charge on any atom is 0.303 e. The van der Waals surface area contributed by atoms with Crippen LogP contribution in [0.4, 0.5) is 0 Å². The van der Waals surface area contributed by atoms with E-state index in [0.717, 1.165) is 25.7 Å². The number of carboxylic acids is 1. The van der Waals surface area contributed by atoms with Gasteiger partial charge in [0.2, 0.25) is 11.8 Å². The van der Waals surface area contributed by atoms with Crippen LogP contribution in [0.3, 0.4) is 0 Å². The highest BCUT2D eigenvalue weighted by Gasteiger charge is 2.39. The van der Waals surface area contributed by atoms with Crippen LogP contribution in [0.25, 0.3) is 0 Å². The molecule has 0 aromatic rings. The van der Waals surface area contributed by atoms with E-state index >= 15 is 0 Å². The molecule has 1 saturated carbocycles. The number of carbonyl (C=O) groups excluding carboxylic acids is 2. The third-order valence-electron chi connectivity index (χ3n) is 4.38. The minimum absolute atomic E-state index is 0.00958. The highest BCUT2D eigenvalue weighted by molar-refractivity contribution is 5.81. The van der Waals surface area contributed by atoms with E-state index in [2.05, 4.69) is 5.32 Å². The van der Waals surface area contributed by atoms with Gasteiger partial charge in [-0.25, -0.2) is 0 Å². The second-order valence-corrected chi connectivity index (χ2v) is 5.94. The van der Waals surface area contributed by atoms with Crippen LogP contribution in [0, 0.1) is 5.41 Å². The van der Waals surface area contributed by atoms with Gasteiger partial charge in [0, 0.05) is 32.5 Å². The first-order valence-corrected chi connectivity index (χ1v) is 7.27. The summed E-state index contributed by atoms with van der Waals surface area (Å²) in [5.41, 5.74) is -0.368. The molecule has 2 aliphatic rings. The average molecular weight is 282 g/mol. The van der Waals surface area contributed by atoms with Gasteiger partial charge in [0.25, 0.3) is 0 Å². The van der Waals surface area contributed by atoms with Gasteiger partial charge in [-0.1, -0.05) is 12.8 Å². The number of amides is 2. The molecule has 2 amide bonds. The zero-order valence-corrected chi connectivity index (χ0v) is 11.7. The van der Waals surface area contributed by atoms with Gasteiger partial charge in [0.15, 0.2) is 0 Å². The summed E-state index contributed by atoms with van der Waals surface area (Å²) in [5, 5.41) is 11.8. The summed E-state index contributed by atoms with van der Waals surface area (Å²) in [6.45, 7) is 1.44. The minimum Gasteiger partial charge on any atom is -0.481 e. The Bertz CT molecular complexity index is 402. The van der Waals surface area contributed by atoms with Crippen molar-refractivity contribution in [3.05, 3.63) is 0 Å². The van der Waals surface area contributed by atoms with Gasteiger partial charge in [-0.05, 0) is 18.3 Å². The summed E-state index contributed by atoms with van der Waals surface area (Å²) in [5.74, 6) is -0.863. The average Bonchev–Trinajstić information content (AvgIpc) is 2.68. The number of nitrogens with one attached hydrogen (secondary N) is 1. The summed E-state index contributed by atoms with van der Waals surface area (Å²) in [6, 6.07) is 0. The minimum atomic E-state index is -0.826. The van der Waals surface area contributed by atoms with E-state index in [9.17, 15) is 14.4 Å². The fourth-order valence-corrected chi connectivity index (χ4v) is 3.31. The molecule has 1 heterocycles. The lowest BCUT2D eigenvalue weighted by molar-refractivity contribution is -0.141. The van der Waals surface area contributed by atoms with Gasteiger partial charge < -0.3 is 15.3 Å². The molecule has 6 heteroatoms. The second-order valence-electron chi connectivity index (χ2n) is 5.94. The van der Waals surface area contributed by atoms with Crippen molar-refractivity contribution in [3.8, 4) is 0 Å². The predicted octanol–water partition coefficient (Wildman–Crippen LogP) is 0.760. The summed E-state index contributed by atoms with van der Waals surface area (Å²) >= 11 is 0. The molecular weight excluding hydrogens is 260 g/mol. The number of hydrogen-bond acceptors (Lipinski definition) is 3. The summed E-state index contributed by atoms with van der Waals surface area (Å²) in [6.07, 6.45) is 4.34. The molecule has 0 unspecified atom stereocenters. The molecule has 1 saturated heterocycles. The van der Waals surface area contributed by atoms with E-state index < -0.39 is 5.97 Å². The summed E-state index contributed by atoms with van der Waals surface area (Å²) in [4.78, 5) is 36.4. The Morgan fingerprint density at radius 3 is 2.55 bits per heavy atom. The van der Waals surface area contributed by atoms with E-state index in [0.29, 0.717) is 32.5 Å². The molecule has 0 aromatic heterocycles. The second kappa shape index (κ2) is 6.24. The molecule has 6 nitrogen and oxygen atoms in total. The largest absolute Gasteiger partial charge is 0.481 e. The fraction of sp³-hybridized carbons (Fsp3) is 0.786. The zero-order valence-electron chi connectivity index (χ0n) is 11.7. The molecule has 2 fully saturated rings. The molecule has 1 aliphatic carbocycles. The summed E-state index contributed by atoms with van der Waals surface area (Å²) < 4.78 is 0. The zero-order chi connectivity index (χ0) is 14.6. The molecule has 112 valence electrons. The fourth-order valence-electron chi connectivity index (χ4n) is 3.31. The van der Waals surface area contributed by atoms with Crippen LogP contribution in [0.2, 0.25) is 0 Å². The van der Waals surface area contributed by atoms with Gasteiger partial charge in [-0.15, -0.1) is 0 Å². The first-order chi connectivity index (χ1) is 9.51. The maximum absolute atomic E-state index is 12.4. The van der Waals surface area contributed by atoms with Gasteiger partial charge in [-0.3, -0.25) is 14.4 Å². The van der Waals surface area contributed by atoms with Gasteiger partial charge in [0.1, 0.15) is 0 Å². The first-order valence-electron chi connectivity index (χ1n) is 7.27. The van der Waals surface area contributed by atoms with E-state index in [1.54, 1.807) is 4.90 Å². The SMILES string of the molecule is O=C(O)CC1(CC(=O)N2CCNC(=O)CC2)CCCC1. The van der Waals surface area contributed by atoms with Gasteiger partial charge in [0.05, 0.1) is 6.42 Å². The van der Waals surface area contributed by atoms with Crippen molar-refractivity contribution < 1.29 is 19.5 Å². The third-order valence-corrected chi connectivity index (χ3v) is 4.38. The van der Waals surface area contributed by atoms with Crippen LogP contribution in [0.5, 0.6) is 0 Å². The molecule has 0 aromatic carbocycles. The lowest BCUT2D eigenvalue weighted by Gasteiger charge is -2.29. The van der Waals surface area contributed by atoms with E-state index in [-0.39, 0.29) is 23.7 Å². The van der Waals surface area contributed by atoms with E-state index in [4.69, 9.17) is 5.11 Å². The predicted molar refractivity (Wildman–Crippen MR) is 72.0 cm³/mol. The highest BCUT2D eigenvalue weighted by atomic mass is 16.4.